The Bertz CT molecular complexity index is 684. The van der Waals surface area contributed by atoms with E-state index in [1.54, 1.807) is 13.0 Å². The van der Waals surface area contributed by atoms with Gasteiger partial charge in [-0.05, 0) is 31.0 Å². The maximum Gasteiger partial charge on any atom is 0.282 e. The molecule has 110 valence electrons. The zero-order valence-electron chi connectivity index (χ0n) is 13.1. The lowest BCUT2D eigenvalue weighted by Crippen LogP contribution is -2.61. The van der Waals surface area contributed by atoms with E-state index in [0.29, 0.717) is 18.5 Å². The first-order chi connectivity index (χ1) is 9.86. The summed E-state index contributed by atoms with van der Waals surface area (Å²) < 4.78 is 17.8. The lowest BCUT2D eigenvalue weighted by atomic mass is 9.67. The van der Waals surface area contributed by atoms with Crippen LogP contribution in [0.2, 0.25) is 0 Å². The number of rotatable bonds is 1. The molecule has 1 aromatic rings. The number of likely N-dealkylation sites (N-methyl/N-ethyl adjacent to an activating group) is 1. The van der Waals surface area contributed by atoms with Gasteiger partial charge in [0.1, 0.15) is 13.1 Å². The lowest BCUT2D eigenvalue weighted by molar-refractivity contribution is -0.486. The van der Waals surface area contributed by atoms with Crippen molar-refractivity contribution in [3.63, 3.8) is 0 Å². The minimum absolute atomic E-state index is 0.578. The quantitative estimate of drug-likeness (QED) is 0.587. The summed E-state index contributed by atoms with van der Waals surface area (Å²) in [7, 11) is 1.99. The Morgan fingerprint density at radius 1 is 1.43 bits per heavy atom. The first-order valence-electron chi connectivity index (χ1n) is 7.46. The van der Waals surface area contributed by atoms with E-state index >= 15 is 4.39 Å². The molecule has 21 heavy (non-hydrogen) atoms. The van der Waals surface area contributed by atoms with Crippen molar-refractivity contribution in [2.75, 3.05) is 20.1 Å². The molecule has 0 fully saturated rings. The molecular formula is C17H21FN3+. The van der Waals surface area contributed by atoms with Crippen LogP contribution in [0, 0.1) is 11.3 Å². The predicted molar refractivity (Wildman–Crippen MR) is 80.2 cm³/mol. The molecule has 0 spiro atoms. The average Bonchev–Trinajstić information content (AvgIpc) is 2.87. The van der Waals surface area contributed by atoms with Crippen LogP contribution in [0.15, 0.2) is 18.2 Å². The molecule has 0 bridgehead atoms. The van der Waals surface area contributed by atoms with E-state index in [9.17, 15) is 5.26 Å². The number of amidine groups is 1. The number of nitrogens with zero attached hydrogens (tertiary/aromatic N) is 3. The Balaban J connectivity index is 2.36. The third-order valence-corrected chi connectivity index (χ3v) is 5.48. The van der Waals surface area contributed by atoms with Gasteiger partial charge in [-0.1, -0.05) is 13.0 Å². The van der Waals surface area contributed by atoms with Crippen molar-refractivity contribution in [1.82, 2.24) is 4.90 Å². The molecule has 0 aliphatic carbocycles. The Morgan fingerprint density at radius 3 is 2.76 bits per heavy atom. The molecule has 2 aliphatic rings. The molecule has 1 unspecified atom stereocenters. The number of hydrogen-bond donors (Lipinski definition) is 0. The van der Waals surface area contributed by atoms with E-state index in [-0.39, 0.29) is 0 Å². The van der Waals surface area contributed by atoms with Gasteiger partial charge in [0.15, 0.2) is 0 Å². The van der Waals surface area contributed by atoms with E-state index in [4.69, 9.17) is 0 Å². The third kappa shape index (κ3) is 1.61. The summed E-state index contributed by atoms with van der Waals surface area (Å²) in [6, 6.07) is 7.83. The molecule has 3 nitrogen and oxygen atoms in total. The minimum atomic E-state index is -1.43. The first kappa shape index (κ1) is 14.1. The number of halogens is 1. The lowest BCUT2D eigenvalue weighted by Gasteiger charge is -2.46. The number of fused-ring (bicyclic) bond motifs is 3. The summed E-state index contributed by atoms with van der Waals surface area (Å²) in [4.78, 5) is 1.87. The standard InChI is InChI=1S/C17H21FN3/c1-5-16(2)14-7-6-12(11-19)10-13(14)15-20(4)8-9-21(15)17(16,3)18/h6-7,10H,5,8-9H2,1-4H3/q+1/t16?,17-/m1/s1. The predicted octanol–water partition coefficient (Wildman–Crippen LogP) is 2.63. The van der Waals surface area contributed by atoms with Crippen LogP contribution in [0.1, 0.15) is 43.9 Å². The maximum absolute atomic E-state index is 15.7. The second-order valence-corrected chi connectivity index (χ2v) is 6.41. The van der Waals surface area contributed by atoms with Gasteiger partial charge in [0, 0.05) is 6.92 Å². The van der Waals surface area contributed by atoms with Gasteiger partial charge in [-0.15, -0.1) is 0 Å². The van der Waals surface area contributed by atoms with Crippen molar-refractivity contribution in [3.05, 3.63) is 34.9 Å². The molecule has 2 atom stereocenters. The van der Waals surface area contributed by atoms with Crippen LogP contribution in [0.25, 0.3) is 0 Å². The second-order valence-electron chi connectivity index (χ2n) is 6.41. The van der Waals surface area contributed by atoms with Gasteiger partial charge in [0.05, 0.1) is 29.7 Å². The molecule has 0 N–H and O–H groups in total. The van der Waals surface area contributed by atoms with Crippen molar-refractivity contribution in [2.24, 2.45) is 0 Å². The Labute approximate surface area is 125 Å². The van der Waals surface area contributed by atoms with E-state index in [1.807, 2.05) is 37.9 Å². The highest BCUT2D eigenvalue weighted by Crippen LogP contribution is 2.49. The fraction of sp³-hybridized carbons (Fsp3) is 0.529. The summed E-state index contributed by atoms with van der Waals surface area (Å²) in [6.45, 7) is 7.21. The topological polar surface area (TPSA) is 30.0 Å². The normalized spacial score (nSPS) is 31.0. The van der Waals surface area contributed by atoms with Gasteiger partial charge in [-0.2, -0.15) is 9.65 Å². The van der Waals surface area contributed by atoms with Crippen molar-refractivity contribution in [2.45, 2.75) is 38.4 Å². The SMILES string of the molecule is CCC1(C)c2ccc(C#N)cc2C2=[N+](C)CCN2[C@@]1(C)F. The van der Waals surface area contributed by atoms with E-state index in [2.05, 4.69) is 10.6 Å². The fourth-order valence-electron chi connectivity index (χ4n) is 3.76. The average molecular weight is 286 g/mol. The molecule has 0 amide bonds. The zero-order chi connectivity index (χ0) is 15.4. The van der Waals surface area contributed by atoms with E-state index in [0.717, 1.165) is 23.5 Å². The largest absolute Gasteiger partial charge is 0.282 e. The summed E-state index contributed by atoms with van der Waals surface area (Å²) in [5.74, 6) is -0.513. The molecule has 3 rings (SSSR count). The molecule has 1 aromatic carbocycles. The smallest absolute Gasteiger partial charge is 0.260 e. The second kappa shape index (κ2) is 4.30. The fourth-order valence-corrected chi connectivity index (χ4v) is 3.76. The number of alkyl halides is 1. The van der Waals surface area contributed by atoms with Crippen molar-refractivity contribution < 1.29 is 8.97 Å². The zero-order valence-corrected chi connectivity index (χ0v) is 13.1. The monoisotopic (exact) mass is 286 g/mol. The summed E-state index contributed by atoms with van der Waals surface area (Å²) in [5, 5.41) is 9.17. The molecular weight excluding hydrogens is 265 g/mol. The molecule has 0 aromatic heterocycles. The minimum Gasteiger partial charge on any atom is -0.260 e. The van der Waals surface area contributed by atoms with Crippen molar-refractivity contribution in [3.8, 4) is 6.07 Å². The van der Waals surface area contributed by atoms with E-state index < -0.39 is 11.2 Å². The van der Waals surface area contributed by atoms with Crippen LogP contribution >= 0.6 is 0 Å². The number of hydrogen-bond acceptors (Lipinski definition) is 2. The maximum atomic E-state index is 15.7. The van der Waals surface area contributed by atoms with Crippen LogP contribution in [0.3, 0.4) is 0 Å². The number of benzene rings is 1. The highest BCUT2D eigenvalue weighted by Gasteiger charge is 2.61. The molecule has 2 aliphatic heterocycles. The van der Waals surface area contributed by atoms with Crippen LogP contribution in [0.5, 0.6) is 0 Å². The molecule has 2 heterocycles. The van der Waals surface area contributed by atoms with Crippen molar-refractivity contribution >= 4 is 5.84 Å². The summed E-state index contributed by atoms with van der Waals surface area (Å²) in [6.07, 6.45) is 0.715. The van der Waals surface area contributed by atoms with Crippen molar-refractivity contribution in [1.29, 1.82) is 5.26 Å². The van der Waals surface area contributed by atoms with Crippen LogP contribution in [0.4, 0.5) is 4.39 Å². The van der Waals surface area contributed by atoms with Crippen LogP contribution in [-0.2, 0) is 5.41 Å². The van der Waals surface area contributed by atoms with Gasteiger partial charge < -0.3 is 0 Å². The molecule has 0 radical (unpaired) electrons. The van der Waals surface area contributed by atoms with Gasteiger partial charge >= 0.3 is 0 Å². The van der Waals surface area contributed by atoms with Gasteiger partial charge in [-0.3, -0.25) is 4.58 Å². The summed E-state index contributed by atoms with van der Waals surface area (Å²) >= 11 is 0. The highest BCUT2D eigenvalue weighted by atomic mass is 19.1. The number of nitriles is 1. The Morgan fingerprint density at radius 2 is 2.14 bits per heavy atom. The Kier molecular flexibility index (Phi) is 2.88. The van der Waals surface area contributed by atoms with Gasteiger partial charge in [0.2, 0.25) is 0 Å². The van der Waals surface area contributed by atoms with Crippen LogP contribution < -0.4 is 0 Å². The molecule has 4 heteroatoms. The highest BCUT2D eigenvalue weighted by molar-refractivity contribution is 5.99. The molecule has 0 saturated carbocycles. The Hall–Kier alpha value is -1.89. The first-order valence-corrected chi connectivity index (χ1v) is 7.46. The van der Waals surface area contributed by atoms with E-state index in [1.165, 1.54) is 0 Å². The van der Waals surface area contributed by atoms with Gasteiger partial charge in [-0.25, -0.2) is 4.90 Å². The third-order valence-electron chi connectivity index (χ3n) is 5.48. The van der Waals surface area contributed by atoms with Crippen LogP contribution in [-0.4, -0.2) is 41.2 Å². The molecule has 0 saturated heterocycles. The summed E-state index contributed by atoms with van der Waals surface area (Å²) in [5.41, 5.74) is 2.07. The van der Waals surface area contributed by atoms with Gasteiger partial charge in [0.25, 0.3) is 11.6 Å².